The van der Waals surface area contributed by atoms with Crippen molar-refractivity contribution in [3.8, 4) is 5.75 Å². The fourth-order valence-electron chi connectivity index (χ4n) is 3.83. The van der Waals surface area contributed by atoms with Crippen molar-refractivity contribution < 1.29 is 14.3 Å². The lowest BCUT2D eigenvalue weighted by atomic mass is 9.94. The average molecular weight is 416 g/mol. The van der Waals surface area contributed by atoms with Crippen LogP contribution in [0.3, 0.4) is 0 Å². The van der Waals surface area contributed by atoms with Gasteiger partial charge in [0.25, 0.3) is 5.91 Å². The molecule has 1 atom stereocenters. The van der Waals surface area contributed by atoms with Gasteiger partial charge in [0.15, 0.2) is 6.61 Å². The quantitative estimate of drug-likeness (QED) is 0.760. The zero-order chi connectivity index (χ0) is 19.3. The van der Waals surface area contributed by atoms with Crippen molar-refractivity contribution in [3.63, 3.8) is 0 Å². The normalized spacial score (nSPS) is 18.0. The Bertz CT molecular complexity index is 857. The SMILES string of the molecule is Cl.O=C(COc1ccc(N2CCCC2=O)cc1)NCC1NCCc2ccccc21. The van der Waals surface area contributed by atoms with Crippen LogP contribution in [0.15, 0.2) is 48.5 Å². The van der Waals surface area contributed by atoms with Crippen molar-refractivity contribution >= 4 is 29.9 Å². The summed E-state index contributed by atoms with van der Waals surface area (Å²) in [4.78, 5) is 25.7. The van der Waals surface area contributed by atoms with Crippen LogP contribution < -0.4 is 20.3 Å². The van der Waals surface area contributed by atoms with Gasteiger partial charge in [-0.15, -0.1) is 12.4 Å². The van der Waals surface area contributed by atoms with Gasteiger partial charge in [0.2, 0.25) is 5.91 Å². The number of amides is 2. The first-order valence-electron chi connectivity index (χ1n) is 9.82. The van der Waals surface area contributed by atoms with Gasteiger partial charge in [-0.3, -0.25) is 9.59 Å². The van der Waals surface area contributed by atoms with Gasteiger partial charge >= 0.3 is 0 Å². The van der Waals surface area contributed by atoms with Crippen LogP contribution in [-0.2, 0) is 16.0 Å². The van der Waals surface area contributed by atoms with E-state index in [0.717, 1.165) is 31.6 Å². The van der Waals surface area contributed by atoms with Crippen LogP contribution in [0.25, 0.3) is 0 Å². The van der Waals surface area contributed by atoms with Crippen LogP contribution in [0.2, 0.25) is 0 Å². The summed E-state index contributed by atoms with van der Waals surface area (Å²) in [6, 6.07) is 15.8. The Labute approximate surface area is 177 Å². The fraction of sp³-hybridized carbons (Fsp3) is 0.364. The van der Waals surface area contributed by atoms with Crippen molar-refractivity contribution in [3.05, 3.63) is 59.7 Å². The van der Waals surface area contributed by atoms with Crippen molar-refractivity contribution in [2.45, 2.75) is 25.3 Å². The number of halogens is 1. The Balaban J connectivity index is 0.00000240. The second-order valence-corrected chi connectivity index (χ2v) is 7.19. The summed E-state index contributed by atoms with van der Waals surface area (Å²) < 4.78 is 5.59. The zero-order valence-corrected chi connectivity index (χ0v) is 17.0. The van der Waals surface area contributed by atoms with Crippen molar-refractivity contribution in [2.24, 2.45) is 0 Å². The topological polar surface area (TPSA) is 70.7 Å². The smallest absolute Gasteiger partial charge is 0.258 e. The zero-order valence-electron chi connectivity index (χ0n) is 16.2. The second kappa shape index (κ2) is 9.76. The standard InChI is InChI=1S/C22H25N3O3.ClH/c26-21(24-14-20-19-5-2-1-4-16(19)11-12-23-20)15-28-18-9-7-17(8-10-18)25-13-3-6-22(25)27;/h1-2,4-5,7-10,20,23H,3,6,11-15H2,(H,24,26);1H. The van der Waals surface area contributed by atoms with E-state index in [1.165, 1.54) is 11.1 Å². The monoisotopic (exact) mass is 415 g/mol. The molecule has 2 N–H and O–H groups in total. The first-order valence-corrected chi connectivity index (χ1v) is 9.82. The summed E-state index contributed by atoms with van der Waals surface area (Å²) in [5, 5.41) is 6.40. The number of ether oxygens (including phenoxy) is 1. The fourth-order valence-corrected chi connectivity index (χ4v) is 3.83. The highest BCUT2D eigenvalue weighted by Crippen LogP contribution is 2.24. The predicted molar refractivity (Wildman–Crippen MR) is 115 cm³/mol. The van der Waals surface area contributed by atoms with E-state index in [-0.39, 0.29) is 36.9 Å². The molecule has 2 aliphatic heterocycles. The molecule has 6 nitrogen and oxygen atoms in total. The summed E-state index contributed by atoms with van der Waals surface area (Å²) in [5.74, 6) is 0.626. The van der Waals surface area contributed by atoms with E-state index < -0.39 is 0 Å². The lowest BCUT2D eigenvalue weighted by Gasteiger charge is -2.27. The summed E-state index contributed by atoms with van der Waals surface area (Å²) >= 11 is 0. The highest BCUT2D eigenvalue weighted by molar-refractivity contribution is 5.95. The maximum Gasteiger partial charge on any atom is 0.258 e. The summed E-state index contributed by atoms with van der Waals surface area (Å²) in [7, 11) is 0. The number of benzene rings is 2. The van der Waals surface area contributed by atoms with Gasteiger partial charge in [0, 0.05) is 31.2 Å². The number of nitrogens with one attached hydrogen (secondary N) is 2. The van der Waals surface area contributed by atoms with E-state index in [4.69, 9.17) is 4.74 Å². The van der Waals surface area contributed by atoms with Gasteiger partial charge in [0.1, 0.15) is 5.75 Å². The Hall–Kier alpha value is -2.57. The molecule has 0 aliphatic carbocycles. The summed E-state index contributed by atoms with van der Waals surface area (Å²) in [5.41, 5.74) is 3.47. The lowest BCUT2D eigenvalue weighted by molar-refractivity contribution is -0.123. The van der Waals surface area contributed by atoms with Crippen LogP contribution in [0.5, 0.6) is 5.75 Å². The molecule has 2 amide bonds. The first-order chi connectivity index (χ1) is 13.7. The Morgan fingerprint density at radius 1 is 1.14 bits per heavy atom. The summed E-state index contributed by atoms with van der Waals surface area (Å²) in [6.07, 6.45) is 2.53. The minimum absolute atomic E-state index is 0. The first kappa shape index (κ1) is 21.1. The van der Waals surface area contributed by atoms with Gasteiger partial charge in [-0.2, -0.15) is 0 Å². The lowest BCUT2D eigenvalue weighted by Crippen LogP contribution is -2.40. The number of fused-ring (bicyclic) bond motifs is 1. The maximum absolute atomic E-state index is 12.2. The molecule has 1 fully saturated rings. The van der Waals surface area contributed by atoms with E-state index in [1.54, 1.807) is 17.0 Å². The number of hydrogen-bond acceptors (Lipinski definition) is 4. The maximum atomic E-state index is 12.2. The number of anilines is 1. The van der Waals surface area contributed by atoms with Crippen molar-refractivity contribution in [1.82, 2.24) is 10.6 Å². The van der Waals surface area contributed by atoms with Gasteiger partial charge in [0.05, 0.1) is 0 Å². The van der Waals surface area contributed by atoms with Crippen molar-refractivity contribution in [2.75, 3.05) is 31.1 Å². The largest absolute Gasteiger partial charge is 0.484 e. The molecule has 1 saturated heterocycles. The number of carbonyl (C=O) groups is 2. The molecule has 7 heteroatoms. The number of rotatable bonds is 6. The van der Waals surface area contributed by atoms with E-state index in [0.29, 0.717) is 18.7 Å². The third-order valence-corrected chi connectivity index (χ3v) is 5.31. The highest BCUT2D eigenvalue weighted by atomic mass is 35.5. The van der Waals surface area contributed by atoms with E-state index >= 15 is 0 Å². The number of carbonyl (C=O) groups excluding carboxylic acids is 2. The Morgan fingerprint density at radius 2 is 1.93 bits per heavy atom. The number of nitrogens with zero attached hydrogens (tertiary/aromatic N) is 1. The van der Waals surface area contributed by atoms with Crippen LogP contribution in [0, 0.1) is 0 Å². The highest BCUT2D eigenvalue weighted by Gasteiger charge is 2.22. The van der Waals surface area contributed by atoms with Gasteiger partial charge in [-0.25, -0.2) is 0 Å². The predicted octanol–water partition coefficient (Wildman–Crippen LogP) is 2.62. The van der Waals surface area contributed by atoms with Crippen LogP contribution >= 0.6 is 12.4 Å². The second-order valence-electron chi connectivity index (χ2n) is 7.19. The molecule has 29 heavy (non-hydrogen) atoms. The summed E-state index contributed by atoms with van der Waals surface area (Å²) in [6.45, 7) is 2.19. The van der Waals surface area contributed by atoms with E-state index in [9.17, 15) is 9.59 Å². The minimum Gasteiger partial charge on any atom is -0.484 e. The molecule has 0 saturated carbocycles. The molecule has 154 valence electrons. The molecule has 1 unspecified atom stereocenters. The van der Waals surface area contributed by atoms with Gasteiger partial charge in [-0.05, 0) is 54.8 Å². The van der Waals surface area contributed by atoms with Crippen molar-refractivity contribution in [1.29, 1.82) is 0 Å². The van der Waals surface area contributed by atoms with Gasteiger partial charge in [-0.1, -0.05) is 24.3 Å². The molecule has 2 heterocycles. The molecule has 2 aliphatic rings. The molecule has 0 aromatic heterocycles. The molecule has 0 bridgehead atoms. The molecular weight excluding hydrogens is 390 g/mol. The van der Waals surface area contributed by atoms with Gasteiger partial charge < -0.3 is 20.3 Å². The third-order valence-electron chi connectivity index (χ3n) is 5.31. The molecule has 0 spiro atoms. The van der Waals surface area contributed by atoms with E-state index in [2.05, 4.69) is 28.8 Å². The average Bonchev–Trinajstić information content (AvgIpc) is 3.17. The Morgan fingerprint density at radius 3 is 2.69 bits per heavy atom. The van der Waals surface area contributed by atoms with Crippen LogP contribution in [0.4, 0.5) is 5.69 Å². The molecule has 4 rings (SSSR count). The molecule has 2 aromatic rings. The van der Waals surface area contributed by atoms with E-state index in [1.807, 2.05) is 18.2 Å². The Kier molecular flexibility index (Phi) is 7.12. The number of hydrogen-bond donors (Lipinski definition) is 2. The van der Waals surface area contributed by atoms with Crippen LogP contribution in [-0.4, -0.2) is 38.1 Å². The molecular formula is C22H26ClN3O3. The molecule has 0 radical (unpaired) electrons. The molecule has 2 aromatic carbocycles. The third kappa shape index (κ3) is 5.08. The minimum atomic E-state index is -0.149. The van der Waals surface area contributed by atoms with Crippen LogP contribution in [0.1, 0.15) is 30.0 Å².